The largest absolute Gasteiger partial charge is 0.476 e. The number of pyridine rings is 1. The van der Waals surface area contributed by atoms with Crippen LogP contribution in [0.4, 0.5) is 5.69 Å². The van der Waals surface area contributed by atoms with E-state index in [-0.39, 0.29) is 11.7 Å². The maximum Gasteiger partial charge on any atom is 0.356 e. The Morgan fingerprint density at radius 2 is 2.32 bits per heavy atom. The van der Waals surface area contributed by atoms with E-state index in [9.17, 15) is 4.79 Å². The Morgan fingerprint density at radius 1 is 1.53 bits per heavy atom. The van der Waals surface area contributed by atoms with E-state index in [0.717, 1.165) is 11.4 Å². The van der Waals surface area contributed by atoms with Crippen LogP contribution >= 0.6 is 11.3 Å². The van der Waals surface area contributed by atoms with E-state index in [1.165, 1.54) is 11.1 Å². The van der Waals surface area contributed by atoms with Gasteiger partial charge in [0.15, 0.2) is 5.69 Å². The molecule has 2 heterocycles. The number of aromatic nitrogens is 2. The van der Waals surface area contributed by atoms with Gasteiger partial charge in [-0.3, -0.25) is 0 Å². The number of nitrogens with one attached hydrogen (secondary N) is 1. The van der Waals surface area contributed by atoms with Gasteiger partial charge in [0.05, 0.1) is 11.7 Å². The minimum atomic E-state index is -1.04. The van der Waals surface area contributed by atoms with Gasteiger partial charge < -0.3 is 10.4 Å². The lowest BCUT2D eigenvalue weighted by Crippen LogP contribution is -2.11. The number of carboxylic acid groups (broad SMARTS) is 1. The molecule has 2 N–H and O–H groups in total. The van der Waals surface area contributed by atoms with Crippen molar-refractivity contribution in [3.05, 3.63) is 40.1 Å². The molecule has 100 valence electrons. The topological polar surface area (TPSA) is 75.1 Å². The molecule has 0 radical (unpaired) electrons. The Morgan fingerprint density at radius 3 is 2.95 bits per heavy atom. The minimum absolute atomic E-state index is 0.0293. The third-order valence-electron chi connectivity index (χ3n) is 2.67. The van der Waals surface area contributed by atoms with Gasteiger partial charge in [-0.15, -0.1) is 11.3 Å². The van der Waals surface area contributed by atoms with Crippen molar-refractivity contribution in [1.82, 2.24) is 9.97 Å². The molecule has 1 atom stereocenters. The first-order valence-electron chi connectivity index (χ1n) is 6.01. The summed E-state index contributed by atoms with van der Waals surface area (Å²) >= 11 is 1.63. The molecule has 0 aliphatic rings. The Kier molecular flexibility index (Phi) is 4.11. The van der Waals surface area contributed by atoms with Gasteiger partial charge in [0, 0.05) is 17.3 Å². The van der Waals surface area contributed by atoms with Gasteiger partial charge in [0.2, 0.25) is 0 Å². The fourth-order valence-electron chi connectivity index (χ4n) is 1.67. The van der Waals surface area contributed by atoms with E-state index in [4.69, 9.17) is 5.11 Å². The predicted octanol–water partition coefficient (Wildman–Crippen LogP) is 2.97. The summed E-state index contributed by atoms with van der Waals surface area (Å²) < 4.78 is 0. The van der Waals surface area contributed by atoms with Gasteiger partial charge >= 0.3 is 5.97 Å². The van der Waals surface area contributed by atoms with Crippen molar-refractivity contribution in [2.24, 2.45) is 0 Å². The molecule has 0 saturated carbocycles. The average Bonchev–Trinajstić information content (AvgIpc) is 2.88. The lowest BCUT2D eigenvalue weighted by Gasteiger charge is -2.13. The van der Waals surface area contributed by atoms with Gasteiger partial charge in [0.25, 0.3) is 0 Å². The van der Waals surface area contributed by atoms with Crippen molar-refractivity contribution in [1.29, 1.82) is 0 Å². The lowest BCUT2D eigenvalue weighted by atomic mass is 10.2. The maximum atomic E-state index is 11.1. The lowest BCUT2D eigenvalue weighted by molar-refractivity contribution is 0.0691. The van der Waals surface area contributed by atoms with Crippen LogP contribution in [0.25, 0.3) is 0 Å². The summed E-state index contributed by atoms with van der Waals surface area (Å²) in [5, 5.41) is 13.2. The summed E-state index contributed by atoms with van der Waals surface area (Å²) in [7, 11) is 0. The molecule has 2 aromatic heterocycles. The third kappa shape index (κ3) is 3.08. The van der Waals surface area contributed by atoms with Crippen LogP contribution in [0.1, 0.15) is 40.3 Å². The SMILES string of the molecule is CCc1cnc(C(C)Nc2cccnc2C(=O)O)s1. The predicted molar refractivity (Wildman–Crippen MR) is 74.7 cm³/mol. The fourth-order valence-corrected chi connectivity index (χ4v) is 2.53. The Balaban J connectivity index is 2.19. The number of thiazole rings is 1. The smallest absolute Gasteiger partial charge is 0.356 e. The Bertz CT molecular complexity index is 583. The molecule has 0 amide bonds. The van der Waals surface area contributed by atoms with Crippen molar-refractivity contribution in [3.8, 4) is 0 Å². The normalized spacial score (nSPS) is 12.1. The highest BCUT2D eigenvalue weighted by atomic mass is 32.1. The van der Waals surface area contributed by atoms with Crippen LogP contribution < -0.4 is 5.32 Å². The van der Waals surface area contributed by atoms with Crippen molar-refractivity contribution in [2.45, 2.75) is 26.3 Å². The molecule has 0 spiro atoms. The third-order valence-corrected chi connectivity index (χ3v) is 4.00. The number of aryl methyl sites for hydroxylation is 1. The molecule has 0 bridgehead atoms. The highest BCUT2D eigenvalue weighted by Crippen LogP contribution is 2.25. The van der Waals surface area contributed by atoms with Crippen molar-refractivity contribution < 1.29 is 9.90 Å². The first-order chi connectivity index (χ1) is 9.11. The molecule has 1 unspecified atom stereocenters. The van der Waals surface area contributed by atoms with E-state index in [1.807, 2.05) is 13.1 Å². The van der Waals surface area contributed by atoms with Crippen LogP contribution in [0.2, 0.25) is 0 Å². The standard InChI is InChI=1S/C13H15N3O2S/c1-3-9-7-15-12(19-9)8(2)16-10-5-4-6-14-11(10)13(17)18/h4-8,16H,3H2,1-2H3,(H,17,18). The number of nitrogens with zero attached hydrogens (tertiary/aromatic N) is 2. The molecule has 0 fully saturated rings. The van der Waals surface area contributed by atoms with Crippen molar-refractivity contribution in [3.63, 3.8) is 0 Å². The monoisotopic (exact) mass is 277 g/mol. The van der Waals surface area contributed by atoms with Gasteiger partial charge in [-0.05, 0) is 25.5 Å². The second kappa shape index (κ2) is 5.79. The van der Waals surface area contributed by atoms with E-state index >= 15 is 0 Å². The van der Waals surface area contributed by atoms with Crippen molar-refractivity contribution >= 4 is 23.0 Å². The van der Waals surface area contributed by atoms with Crippen LogP contribution in [-0.2, 0) is 6.42 Å². The molecule has 5 nitrogen and oxygen atoms in total. The number of anilines is 1. The molecule has 6 heteroatoms. The van der Waals surface area contributed by atoms with Gasteiger partial charge in [-0.2, -0.15) is 0 Å². The highest BCUT2D eigenvalue weighted by Gasteiger charge is 2.15. The summed E-state index contributed by atoms with van der Waals surface area (Å²) in [6.45, 7) is 4.04. The van der Waals surface area contributed by atoms with Gasteiger partial charge in [-0.25, -0.2) is 14.8 Å². The van der Waals surface area contributed by atoms with Crippen molar-refractivity contribution in [2.75, 3.05) is 5.32 Å². The van der Waals surface area contributed by atoms with E-state index in [2.05, 4.69) is 22.2 Å². The Hall–Kier alpha value is -1.95. The van der Waals surface area contributed by atoms with E-state index < -0.39 is 5.97 Å². The summed E-state index contributed by atoms with van der Waals surface area (Å²) in [4.78, 5) is 20.5. The molecule has 0 saturated heterocycles. The van der Waals surface area contributed by atoms with Crippen LogP contribution in [0.3, 0.4) is 0 Å². The second-order valence-corrected chi connectivity index (χ2v) is 5.24. The molecule has 0 aromatic carbocycles. The molecular weight excluding hydrogens is 262 g/mol. The summed E-state index contributed by atoms with van der Waals surface area (Å²) in [6, 6.07) is 3.37. The second-order valence-electron chi connectivity index (χ2n) is 4.09. The minimum Gasteiger partial charge on any atom is -0.476 e. The van der Waals surface area contributed by atoms with E-state index in [1.54, 1.807) is 23.5 Å². The first-order valence-corrected chi connectivity index (χ1v) is 6.83. The zero-order valence-corrected chi connectivity index (χ0v) is 11.6. The molecule has 2 aromatic rings. The molecule has 0 aliphatic heterocycles. The van der Waals surface area contributed by atoms with Crippen LogP contribution in [-0.4, -0.2) is 21.0 Å². The molecular formula is C13H15N3O2S. The van der Waals surface area contributed by atoms with E-state index in [0.29, 0.717) is 5.69 Å². The van der Waals surface area contributed by atoms with Gasteiger partial charge in [0.1, 0.15) is 5.01 Å². The molecule has 19 heavy (non-hydrogen) atoms. The van der Waals surface area contributed by atoms with Crippen LogP contribution in [0.5, 0.6) is 0 Å². The van der Waals surface area contributed by atoms with Gasteiger partial charge in [-0.1, -0.05) is 6.92 Å². The number of carbonyl (C=O) groups is 1. The molecule has 2 rings (SSSR count). The number of rotatable bonds is 5. The number of hydrogen-bond donors (Lipinski definition) is 2. The van der Waals surface area contributed by atoms with Crippen LogP contribution in [0.15, 0.2) is 24.5 Å². The quantitative estimate of drug-likeness (QED) is 0.878. The number of hydrogen-bond acceptors (Lipinski definition) is 5. The summed E-state index contributed by atoms with van der Waals surface area (Å²) in [5.74, 6) is -1.04. The summed E-state index contributed by atoms with van der Waals surface area (Å²) in [5.41, 5.74) is 0.539. The fraction of sp³-hybridized carbons (Fsp3) is 0.308. The first kappa shape index (κ1) is 13.5. The number of carboxylic acids is 1. The maximum absolute atomic E-state index is 11.1. The summed E-state index contributed by atoms with van der Waals surface area (Å²) in [6.07, 6.45) is 4.29. The highest BCUT2D eigenvalue weighted by molar-refractivity contribution is 7.11. The van der Waals surface area contributed by atoms with Crippen LogP contribution in [0, 0.1) is 0 Å². The zero-order chi connectivity index (χ0) is 13.8. The molecule has 0 aliphatic carbocycles. The zero-order valence-electron chi connectivity index (χ0n) is 10.8. The Labute approximate surface area is 115 Å². The number of aromatic carboxylic acids is 1. The average molecular weight is 277 g/mol.